The topological polar surface area (TPSA) is 77.9 Å². The highest BCUT2D eigenvalue weighted by Crippen LogP contribution is 2.33. The van der Waals surface area contributed by atoms with Gasteiger partial charge in [0.1, 0.15) is 0 Å². The van der Waals surface area contributed by atoms with Crippen molar-refractivity contribution in [3.05, 3.63) is 35.9 Å². The third-order valence-corrected chi connectivity index (χ3v) is 5.65. The Labute approximate surface area is 153 Å². The third kappa shape index (κ3) is 3.74. The van der Waals surface area contributed by atoms with Crippen molar-refractivity contribution in [3.8, 4) is 0 Å². The van der Waals surface area contributed by atoms with Crippen LogP contribution in [0.15, 0.2) is 30.3 Å². The van der Waals surface area contributed by atoms with Gasteiger partial charge in [0.2, 0.25) is 5.91 Å². The van der Waals surface area contributed by atoms with Crippen molar-refractivity contribution in [1.29, 1.82) is 0 Å². The first kappa shape index (κ1) is 18.4. The summed E-state index contributed by atoms with van der Waals surface area (Å²) in [5, 5.41) is 9.12. The molecule has 1 N–H and O–H groups in total. The van der Waals surface area contributed by atoms with E-state index in [0.717, 1.165) is 12.8 Å². The number of benzene rings is 1. The van der Waals surface area contributed by atoms with E-state index in [1.165, 1.54) is 0 Å². The average Bonchev–Trinajstić information content (AvgIpc) is 2.67. The van der Waals surface area contributed by atoms with Gasteiger partial charge >= 0.3 is 5.97 Å². The van der Waals surface area contributed by atoms with Crippen molar-refractivity contribution < 1.29 is 19.5 Å². The second kappa shape index (κ2) is 7.48. The van der Waals surface area contributed by atoms with E-state index in [9.17, 15) is 14.4 Å². The first-order chi connectivity index (χ1) is 12.4. The van der Waals surface area contributed by atoms with Crippen LogP contribution in [-0.2, 0) is 9.59 Å². The van der Waals surface area contributed by atoms with Gasteiger partial charge < -0.3 is 14.9 Å². The molecule has 0 saturated carbocycles. The summed E-state index contributed by atoms with van der Waals surface area (Å²) in [4.78, 5) is 40.5. The van der Waals surface area contributed by atoms with Crippen molar-refractivity contribution in [2.24, 2.45) is 11.3 Å². The van der Waals surface area contributed by atoms with Gasteiger partial charge in [-0.15, -0.1) is 0 Å². The molecule has 2 amide bonds. The first-order valence-corrected chi connectivity index (χ1v) is 9.27. The monoisotopic (exact) mass is 358 g/mol. The molecule has 0 radical (unpaired) electrons. The smallest absolute Gasteiger partial charge is 0.306 e. The molecule has 0 spiro atoms. The van der Waals surface area contributed by atoms with E-state index in [4.69, 9.17) is 5.11 Å². The van der Waals surface area contributed by atoms with Gasteiger partial charge in [-0.05, 0) is 44.7 Å². The van der Waals surface area contributed by atoms with Crippen LogP contribution in [0.25, 0.3) is 0 Å². The Morgan fingerprint density at radius 3 is 2.31 bits per heavy atom. The van der Waals surface area contributed by atoms with E-state index in [1.54, 1.807) is 21.9 Å². The van der Waals surface area contributed by atoms with Crippen LogP contribution >= 0.6 is 0 Å². The molecule has 1 unspecified atom stereocenters. The number of carboxylic acid groups (broad SMARTS) is 1. The SMILES string of the molecule is CC1(C(=O)N2CCC(C(=O)O)CC2)CCCN(C(=O)c2ccccc2)C1. The number of carbonyl (C=O) groups is 3. The van der Waals surface area contributed by atoms with Gasteiger partial charge in [0.15, 0.2) is 0 Å². The maximum absolute atomic E-state index is 13.1. The number of likely N-dealkylation sites (tertiary alicyclic amines) is 2. The number of amides is 2. The molecule has 1 aromatic rings. The van der Waals surface area contributed by atoms with Crippen LogP contribution in [0, 0.1) is 11.3 Å². The van der Waals surface area contributed by atoms with Crippen LogP contribution in [-0.4, -0.2) is 58.9 Å². The largest absolute Gasteiger partial charge is 0.481 e. The number of hydrogen-bond acceptors (Lipinski definition) is 3. The molecular formula is C20H26N2O4. The highest BCUT2D eigenvalue weighted by molar-refractivity contribution is 5.95. The van der Waals surface area contributed by atoms with Gasteiger partial charge in [-0.25, -0.2) is 0 Å². The molecule has 2 heterocycles. The first-order valence-electron chi connectivity index (χ1n) is 9.27. The minimum atomic E-state index is -0.777. The van der Waals surface area contributed by atoms with Gasteiger partial charge in [0.25, 0.3) is 5.91 Å². The van der Waals surface area contributed by atoms with Crippen molar-refractivity contribution in [3.63, 3.8) is 0 Å². The number of carbonyl (C=O) groups excluding carboxylic acids is 2. The van der Waals surface area contributed by atoms with Gasteiger partial charge in [-0.1, -0.05) is 18.2 Å². The predicted molar refractivity (Wildman–Crippen MR) is 96.6 cm³/mol. The molecule has 1 atom stereocenters. The summed E-state index contributed by atoms with van der Waals surface area (Å²) in [6.45, 7) is 3.98. The fourth-order valence-electron chi connectivity index (χ4n) is 4.06. The fraction of sp³-hybridized carbons (Fsp3) is 0.550. The molecule has 140 valence electrons. The predicted octanol–water partition coefficient (Wildman–Crippen LogP) is 2.25. The van der Waals surface area contributed by atoms with Crippen LogP contribution in [0.4, 0.5) is 0 Å². The minimum Gasteiger partial charge on any atom is -0.481 e. The Kier molecular flexibility index (Phi) is 5.30. The summed E-state index contributed by atoms with van der Waals surface area (Å²) < 4.78 is 0. The Hall–Kier alpha value is -2.37. The summed E-state index contributed by atoms with van der Waals surface area (Å²) in [6, 6.07) is 9.16. The number of nitrogens with zero attached hydrogens (tertiary/aromatic N) is 2. The van der Waals surface area contributed by atoms with E-state index < -0.39 is 11.4 Å². The number of aliphatic carboxylic acids is 1. The van der Waals surface area contributed by atoms with Crippen LogP contribution in [0.3, 0.4) is 0 Å². The Morgan fingerprint density at radius 2 is 1.69 bits per heavy atom. The number of hydrogen-bond donors (Lipinski definition) is 1. The molecule has 1 aromatic carbocycles. The molecule has 2 saturated heterocycles. The lowest BCUT2D eigenvalue weighted by Crippen LogP contribution is -2.54. The second-order valence-corrected chi connectivity index (χ2v) is 7.66. The van der Waals surface area contributed by atoms with Crippen LogP contribution in [0.1, 0.15) is 43.0 Å². The Morgan fingerprint density at radius 1 is 1.04 bits per heavy atom. The Balaban J connectivity index is 1.66. The second-order valence-electron chi connectivity index (χ2n) is 7.66. The van der Waals surface area contributed by atoms with Gasteiger partial charge in [0.05, 0.1) is 11.3 Å². The minimum absolute atomic E-state index is 0.0334. The normalized spacial score (nSPS) is 24.3. The molecule has 3 rings (SSSR count). The standard InChI is InChI=1S/C20H26N2O4/c1-20(19(26)21-12-8-16(9-13-21)18(24)25)10-5-11-22(14-20)17(23)15-6-3-2-4-7-15/h2-4,6-7,16H,5,8-14H2,1H3,(H,24,25). The van der Waals surface area contributed by atoms with Gasteiger partial charge in [0, 0.05) is 31.7 Å². The number of rotatable bonds is 3. The van der Waals surface area contributed by atoms with Crippen molar-refractivity contribution in [2.45, 2.75) is 32.6 Å². The highest BCUT2D eigenvalue weighted by atomic mass is 16.4. The van der Waals surface area contributed by atoms with Crippen LogP contribution in [0.2, 0.25) is 0 Å². The zero-order chi connectivity index (χ0) is 18.7. The molecule has 0 bridgehead atoms. The molecule has 2 aliphatic heterocycles. The van der Waals surface area contributed by atoms with Crippen LogP contribution in [0.5, 0.6) is 0 Å². The molecule has 6 heteroatoms. The lowest BCUT2D eigenvalue weighted by molar-refractivity contribution is -0.150. The quantitative estimate of drug-likeness (QED) is 0.899. The Bertz CT molecular complexity index is 682. The van der Waals surface area contributed by atoms with E-state index in [1.807, 2.05) is 25.1 Å². The maximum Gasteiger partial charge on any atom is 0.306 e. The van der Waals surface area contributed by atoms with E-state index in [-0.39, 0.29) is 17.7 Å². The molecule has 6 nitrogen and oxygen atoms in total. The number of piperidine rings is 2. The molecular weight excluding hydrogens is 332 g/mol. The molecule has 2 fully saturated rings. The summed E-state index contributed by atoms with van der Waals surface area (Å²) in [5.41, 5.74) is 0.0464. The number of carboxylic acids is 1. The van der Waals surface area contributed by atoms with E-state index in [0.29, 0.717) is 44.6 Å². The fourth-order valence-corrected chi connectivity index (χ4v) is 4.06. The highest BCUT2D eigenvalue weighted by Gasteiger charge is 2.42. The van der Waals surface area contributed by atoms with Crippen LogP contribution < -0.4 is 0 Å². The van der Waals surface area contributed by atoms with Gasteiger partial charge in [-0.3, -0.25) is 14.4 Å². The zero-order valence-corrected chi connectivity index (χ0v) is 15.2. The summed E-state index contributed by atoms with van der Waals surface area (Å²) >= 11 is 0. The van der Waals surface area contributed by atoms with E-state index in [2.05, 4.69) is 0 Å². The summed E-state index contributed by atoms with van der Waals surface area (Å²) in [7, 11) is 0. The summed E-state index contributed by atoms with van der Waals surface area (Å²) in [5.74, 6) is -1.12. The molecule has 0 aromatic heterocycles. The van der Waals surface area contributed by atoms with Gasteiger partial charge in [-0.2, -0.15) is 0 Å². The summed E-state index contributed by atoms with van der Waals surface area (Å²) in [6.07, 6.45) is 2.56. The zero-order valence-electron chi connectivity index (χ0n) is 15.2. The van der Waals surface area contributed by atoms with Crippen molar-refractivity contribution in [1.82, 2.24) is 9.80 Å². The maximum atomic E-state index is 13.1. The molecule has 0 aliphatic carbocycles. The third-order valence-electron chi connectivity index (χ3n) is 5.65. The lowest BCUT2D eigenvalue weighted by Gasteiger charge is -2.43. The van der Waals surface area contributed by atoms with Crippen molar-refractivity contribution >= 4 is 17.8 Å². The lowest BCUT2D eigenvalue weighted by atomic mass is 9.79. The average molecular weight is 358 g/mol. The van der Waals surface area contributed by atoms with Crippen molar-refractivity contribution in [2.75, 3.05) is 26.2 Å². The van der Waals surface area contributed by atoms with E-state index >= 15 is 0 Å². The molecule has 2 aliphatic rings. The molecule has 26 heavy (non-hydrogen) atoms.